The lowest BCUT2D eigenvalue weighted by Gasteiger charge is -2.13. The second-order valence-corrected chi connectivity index (χ2v) is 25.2. The van der Waals surface area contributed by atoms with Gasteiger partial charge >= 0.3 is 0 Å². The van der Waals surface area contributed by atoms with Gasteiger partial charge in [0.05, 0.1) is 44.5 Å². The van der Waals surface area contributed by atoms with Crippen LogP contribution in [0.3, 0.4) is 0 Å². The molecular formula is C76H43N5S3. The summed E-state index contributed by atoms with van der Waals surface area (Å²) in [6.07, 6.45) is 0. The number of benzene rings is 12. The van der Waals surface area contributed by atoms with Gasteiger partial charge in [-0.1, -0.05) is 133 Å². The number of hydrogen-bond donors (Lipinski definition) is 0. The fourth-order valence-electron chi connectivity index (χ4n) is 13.9. The van der Waals surface area contributed by atoms with Crippen molar-refractivity contribution < 1.29 is 0 Å². The van der Waals surface area contributed by atoms with Crippen molar-refractivity contribution in [2.45, 2.75) is 0 Å². The number of nitrogens with zero attached hydrogens (tertiary/aromatic N) is 5. The van der Waals surface area contributed by atoms with Crippen LogP contribution in [0.4, 0.5) is 0 Å². The van der Waals surface area contributed by atoms with Crippen molar-refractivity contribution in [1.82, 2.24) is 23.7 Å². The van der Waals surface area contributed by atoms with Crippen LogP contribution >= 0.6 is 34.0 Å². The van der Waals surface area contributed by atoms with Crippen molar-refractivity contribution in [1.29, 1.82) is 0 Å². The minimum atomic E-state index is 0.662. The predicted molar refractivity (Wildman–Crippen MR) is 360 cm³/mol. The lowest BCUT2D eigenvalue weighted by molar-refractivity contribution is 1.15. The fraction of sp³-hybridized carbons (Fsp3) is 0. The molecule has 19 rings (SSSR count). The molecule has 19 aromatic rings. The van der Waals surface area contributed by atoms with E-state index >= 15 is 0 Å². The Morgan fingerprint density at radius 2 is 0.595 bits per heavy atom. The Bertz CT molecular complexity index is 5740. The van der Waals surface area contributed by atoms with E-state index in [1.165, 1.54) is 126 Å². The fourth-order valence-corrected chi connectivity index (χ4v) is 17.2. The van der Waals surface area contributed by atoms with Gasteiger partial charge in [-0.15, -0.1) is 34.0 Å². The van der Waals surface area contributed by atoms with Crippen LogP contribution in [0.15, 0.2) is 261 Å². The molecule has 7 aromatic heterocycles. The van der Waals surface area contributed by atoms with Crippen molar-refractivity contribution >= 4 is 160 Å². The van der Waals surface area contributed by atoms with Gasteiger partial charge in [0, 0.05) is 127 Å². The Labute approximate surface area is 492 Å². The van der Waals surface area contributed by atoms with Crippen LogP contribution in [-0.2, 0) is 0 Å². The molecule has 0 unspecified atom stereocenters. The van der Waals surface area contributed by atoms with E-state index < -0.39 is 0 Å². The van der Waals surface area contributed by atoms with Crippen LogP contribution in [-0.4, -0.2) is 23.7 Å². The molecule has 0 bridgehead atoms. The molecule has 0 amide bonds. The van der Waals surface area contributed by atoms with Gasteiger partial charge in [-0.25, -0.2) is 9.97 Å². The van der Waals surface area contributed by atoms with Crippen molar-refractivity contribution in [2.24, 2.45) is 0 Å². The Morgan fingerprint density at radius 1 is 0.226 bits per heavy atom. The molecular weight excluding hydrogens is 1080 g/mol. The van der Waals surface area contributed by atoms with Crippen LogP contribution in [0.5, 0.6) is 0 Å². The number of thiophene rings is 3. The topological polar surface area (TPSA) is 40.6 Å². The van der Waals surface area contributed by atoms with E-state index in [1.54, 1.807) is 0 Å². The molecule has 390 valence electrons. The first kappa shape index (κ1) is 46.4. The van der Waals surface area contributed by atoms with Gasteiger partial charge in [0.25, 0.3) is 0 Å². The number of para-hydroxylation sites is 3. The third kappa shape index (κ3) is 6.64. The first-order valence-electron chi connectivity index (χ1n) is 28.4. The highest BCUT2D eigenvalue weighted by molar-refractivity contribution is 7.26. The molecule has 0 aliphatic rings. The van der Waals surface area contributed by atoms with Gasteiger partial charge in [0.1, 0.15) is 0 Å². The zero-order chi connectivity index (χ0) is 54.7. The maximum Gasteiger partial charge on any atom is 0.160 e. The number of rotatable bonds is 6. The minimum absolute atomic E-state index is 0.662. The Kier molecular flexibility index (Phi) is 9.75. The summed E-state index contributed by atoms with van der Waals surface area (Å²) in [5.41, 5.74) is 15.0. The molecule has 0 N–H and O–H groups in total. The molecule has 0 saturated carbocycles. The normalized spacial score (nSPS) is 12.3. The molecule has 0 aliphatic carbocycles. The van der Waals surface area contributed by atoms with E-state index in [-0.39, 0.29) is 0 Å². The number of fused-ring (bicyclic) bond motifs is 21. The second-order valence-electron chi connectivity index (χ2n) is 22.0. The summed E-state index contributed by atoms with van der Waals surface area (Å²) in [5, 5.41) is 15.5. The lowest BCUT2D eigenvalue weighted by Crippen LogP contribution is -1.99. The van der Waals surface area contributed by atoms with Gasteiger partial charge in [-0.05, 0) is 127 Å². The summed E-state index contributed by atoms with van der Waals surface area (Å²) in [5.74, 6) is 0.662. The van der Waals surface area contributed by atoms with E-state index in [4.69, 9.17) is 9.97 Å². The van der Waals surface area contributed by atoms with Crippen LogP contribution < -0.4 is 0 Å². The Balaban J connectivity index is 0.778. The van der Waals surface area contributed by atoms with Crippen molar-refractivity contribution in [3.05, 3.63) is 261 Å². The van der Waals surface area contributed by atoms with E-state index in [1.807, 2.05) is 34.0 Å². The summed E-state index contributed by atoms with van der Waals surface area (Å²) in [6.45, 7) is 0. The van der Waals surface area contributed by atoms with Crippen LogP contribution in [0.2, 0.25) is 0 Å². The van der Waals surface area contributed by atoms with Crippen LogP contribution in [0.25, 0.3) is 177 Å². The summed E-state index contributed by atoms with van der Waals surface area (Å²) in [6, 6.07) is 95.6. The zero-order valence-electron chi connectivity index (χ0n) is 44.8. The first-order chi connectivity index (χ1) is 41.6. The number of aromatic nitrogens is 5. The molecule has 5 nitrogen and oxygen atoms in total. The highest BCUT2D eigenvalue weighted by Gasteiger charge is 2.23. The van der Waals surface area contributed by atoms with Gasteiger partial charge in [0.2, 0.25) is 0 Å². The lowest BCUT2D eigenvalue weighted by atomic mass is 10.0. The van der Waals surface area contributed by atoms with E-state index in [2.05, 4.69) is 275 Å². The summed E-state index contributed by atoms with van der Waals surface area (Å²) < 4.78 is 15.1. The SMILES string of the molecule is c1cc(-c2cc(-c3ccc(-n4c5ccccc5c5c6c(ccc54)sc4ccccc46)cc3)nc(-c3ccc(-n4c5ccccc5c5c6c(ccc54)sc4ccccc46)cc3)n2)cc(-n2c3ccccc3c3c4c(ccc32)sc2ccccc24)c1. The van der Waals surface area contributed by atoms with Crippen molar-refractivity contribution in [3.63, 3.8) is 0 Å². The predicted octanol–water partition coefficient (Wildman–Crippen LogP) is 21.9. The monoisotopic (exact) mass is 1120 g/mol. The Hall–Kier alpha value is -10.2. The summed E-state index contributed by atoms with van der Waals surface area (Å²) in [7, 11) is 0. The zero-order valence-corrected chi connectivity index (χ0v) is 47.2. The van der Waals surface area contributed by atoms with E-state index in [0.717, 1.165) is 45.1 Å². The molecule has 0 radical (unpaired) electrons. The number of hydrogen-bond acceptors (Lipinski definition) is 5. The average molecular weight is 1120 g/mol. The molecule has 8 heteroatoms. The van der Waals surface area contributed by atoms with E-state index in [9.17, 15) is 0 Å². The molecule has 0 aliphatic heterocycles. The second kappa shape index (κ2) is 17.6. The van der Waals surface area contributed by atoms with Crippen LogP contribution in [0.1, 0.15) is 0 Å². The quantitative estimate of drug-likeness (QED) is 0.166. The van der Waals surface area contributed by atoms with Gasteiger partial charge in [-0.2, -0.15) is 0 Å². The smallest absolute Gasteiger partial charge is 0.160 e. The maximum atomic E-state index is 5.50. The largest absolute Gasteiger partial charge is 0.309 e. The van der Waals surface area contributed by atoms with Gasteiger partial charge < -0.3 is 13.7 Å². The highest BCUT2D eigenvalue weighted by Crippen LogP contribution is 2.47. The summed E-state index contributed by atoms with van der Waals surface area (Å²) in [4.78, 5) is 11.0. The third-order valence-electron chi connectivity index (χ3n) is 17.5. The minimum Gasteiger partial charge on any atom is -0.309 e. The molecule has 0 spiro atoms. The molecule has 0 saturated heterocycles. The first-order valence-corrected chi connectivity index (χ1v) is 30.8. The van der Waals surface area contributed by atoms with E-state index in [0.29, 0.717) is 5.82 Å². The molecule has 12 aromatic carbocycles. The van der Waals surface area contributed by atoms with Crippen LogP contribution in [0, 0.1) is 0 Å². The van der Waals surface area contributed by atoms with Crippen molar-refractivity contribution in [2.75, 3.05) is 0 Å². The Morgan fingerprint density at radius 3 is 1.04 bits per heavy atom. The average Bonchev–Trinajstić information content (AvgIpc) is 3.78. The molecule has 0 atom stereocenters. The summed E-state index contributed by atoms with van der Waals surface area (Å²) >= 11 is 5.60. The maximum absolute atomic E-state index is 5.50. The molecule has 84 heavy (non-hydrogen) atoms. The third-order valence-corrected chi connectivity index (χ3v) is 20.9. The van der Waals surface area contributed by atoms with Gasteiger partial charge in [-0.3, -0.25) is 0 Å². The molecule has 0 fully saturated rings. The molecule has 7 heterocycles. The standard InChI is InChI=1S/C76H43N5S3/c1-7-22-58-50(16-1)70-61(36-39-67-73(70)53-19-4-10-25-64(53)82-67)79(58)47-32-28-44(29-33-47)56-43-57(46-14-13-15-49(42-46)81-60-24-9-3-18-52(60)72-63(81)38-41-69-75(72)55-21-6-12-27-66(55)84-69)78-76(77-56)45-30-34-48(35-31-45)80-59-23-8-2-17-51(59)71-62(80)37-40-68-74(71)54-20-5-11-26-65(54)83-68/h1-43H. The van der Waals surface area contributed by atoms with Crippen molar-refractivity contribution in [3.8, 4) is 51.0 Å². The van der Waals surface area contributed by atoms with Gasteiger partial charge in [0.15, 0.2) is 5.82 Å². The highest BCUT2D eigenvalue weighted by atomic mass is 32.1.